The van der Waals surface area contributed by atoms with Gasteiger partial charge in [0.25, 0.3) is 5.91 Å². The molecule has 30 heavy (non-hydrogen) atoms. The lowest BCUT2D eigenvalue weighted by Gasteiger charge is -2.19. The van der Waals surface area contributed by atoms with Crippen molar-refractivity contribution in [3.63, 3.8) is 0 Å². The van der Waals surface area contributed by atoms with E-state index in [2.05, 4.69) is 23.9 Å². The van der Waals surface area contributed by atoms with Crippen LogP contribution in [0.4, 0.5) is 5.69 Å². The number of anilines is 1. The van der Waals surface area contributed by atoms with Crippen LogP contribution in [0.15, 0.2) is 59.5 Å². The minimum atomic E-state index is -3.88. The van der Waals surface area contributed by atoms with Gasteiger partial charge in [0, 0.05) is 5.69 Å². The molecule has 0 aromatic heterocycles. The van der Waals surface area contributed by atoms with Crippen molar-refractivity contribution in [1.29, 1.82) is 0 Å². The number of carbonyl (C=O) groups is 2. The van der Waals surface area contributed by atoms with E-state index < -0.39 is 34.0 Å². The number of benzene rings is 2. The van der Waals surface area contributed by atoms with Crippen molar-refractivity contribution in [3.8, 4) is 0 Å². The van der Waals surface area contributed by atoms with E-state index >= 15 is 0 Å². The van der Waals surface area contributed by atoms with E-state index in [0.717, 1.165) is 12.0 Å². The van der Waals surface area contributed by atoms with Crippen LogP contribution in [0.1, 0.15) is 45.6 Å². The lowest BCUT2D eigenvalue weighted by molar-refractivity contribution is -0.154. The topological polar surface area (TPSA) is 102 Å². The molecule has 0 radical (unpaired) electrons. The van der Waals surface area contributed by atoms with Crippen LogP contribution in [0.3, 0.4) is 0 Å². The molecular weight excluding hydrogens is 404 g/mol. The Morgan fingerprint density at radius 3 is 2.20 bits per heavy atom. The molecule has 0 aliphatic heterocycles. The Kier molecular flexibility index (Phi) is 8.14. The van der Waals surface area contributed by atoms with Crippen LogP contribution in [0.25, 0.3) is 0 Å². The van der Waals surface area contributed by atoms with E-state index in [0.29, 0.717) is 5.69 Å². The Balaban J connectivity index is 1.99. The third kappa shape index (κ3) is 6.14. The van der Waals surface area contributed by atoms with Gasteiger partial charge in [-0.15, -0.1) is 0 Å². The average Bonchev–Trinajstić information content (AvgIpc) is 2.73. The maximum Gasteiger partial charge on any atom is 0.324 e. The summed E-state index contributed by atoms with van der Waals surface area (Å²) in [5.74, 6) is -1.07. The zero-order chi connectivity index (χ0) is 22.3. The number of esters is 1. The SMILES string of the molecule is CCC(C)c1ccccc1NC(=O)C(C)OC(=O)[C@H](C)NS(=O)(=O)c1ccccc1. The molecular formula is C22H28N2O5S. The van der Waals surface area contributed by atoms with Crippen LogP contribution in [-0.4, -0.2) is 32.4 Å². The first-order valence-electron chi connectivity index (χ1n) is 9.83. The molecule has 0 aliphatic rings. The highest BCUT2D eigenvalue weighted by Crippen LogP contribution is 2.26. The Labute approximate surface area is 177 Å². The predicted molar refractivity (Wildman–Crippen MR) is 116 cm³/mol. The summed E-state index contributed by atoms with van der Waals surface area (Å²) >= 11 is 0. The second kappa shape index (κ2) is 10.4. The first-order chi connectivity index (χ1) is 14.2. The summed E-state index contributed by atoms with van der Waals surface area (Å²) in [6, 6.07) is 14.0. The lowest BCUT2D eigenvalue weighted by atomic mass is 9.97. The maximum atomic E-state index is 12.5. The standard InChI is InChI=1S/C22H28N2O5S/c1-5-15(2)19-13-9-10-14-20(19)23-21(25)17(4)29-22(26)16(3)24-30(27,28)18-11-7-6-8-12-18/h6-17,24H,5H2,1-4H3,(H,23,25)/t15?,16-,17?/m0/s1. The summed E-state index contributed by atoms with van der Waals surface area (Å²) in [6.45, 7) is 6.93. The molecule has 0 fully saturated rings. The van der Waals surface area contributed by atoms with Crippen molar-refractivity contribution in [3.05, 3.63) is 60.2 Å². The molecule has 0 saturated carbocycles. The van der Waals surface area contributed by atoms with Crippen LogP contribution >= 0.6 is 0 Å². The van der Waals surface area contributed by atoms with E-state index in [1.165, 1.54) is 26.0 Å². The minimum Gasteiger partial charge on any atom is -0.451 e. The van der Waals surface area contributed by atoms with Gasteiger partial charge >= 0.3 is 5.97 Å². The molecule has 1 amide bonds. The monoisotopic (exact) mass is 432 g/mol. The Bertz CT molecular complexity index is 976. The van der Waals surface area contributed by atoms with Gasteiger partial charge in [-0.05, 0) is 49.9 Å². The fraction of sp³-hybridized carbons (Fsp3) is 0.364. The van der Waals surface area contributed by atoms with Crippen molar-refractivity contribution >= 4 is 27.6 Å². The van der Waals surface area contributed by atoms with Gasteiger partial charge in [0.1, 0.15) is 6.04 Å². The van der Waals surface area contributed by atoms with Crippen molar-refractivity contribution in [2.24, 2.45) is 0 Å². The van der Waals surface area contributed by atoms with Gasteiger partial charge in [-0.25, -0.2) is 8.42 Å². The number of amides is 1. The first-order valence-corrected chi connectivity index (χ1v) is 11.3. The second-order valence-corrected chi connectivity index (χ2v) is 8.83. The molecule has 7 nitrogen and oxygen atoms in total. The van der Waals surface area contributed by atoms with Crippen molar-refractivity contribution in [2.45, 2.75) is 57.1 Å². The second-order valence-electron chi connectivity index (χ2n) is 7.12. The molecule has 162 valence electrons. The normalized spacial score (nSPS) is 14.4. The molecule has 2 rings (SSSR count). The summed E-state index contributed by atoms with van der Waals surface area (Å²) in [4.78, 5) is 24.9. The molecule has 0 saturated heterocycles. The number of nitrogens with one attached hydrogen (secondary N) is 2. The fourth-order valence-corrected chi connectivity index (χ4v) is 3.99. The zero-order valence-electron chi connectivity index (χ0n) is 17.6. The summed E-state index contributed by atoms with van der Waals surface area (Å²) in [5, 5.41) is 2.79. The minimum absolute atomic E-state index is 0.0390. The summed E-state index contributed by atoms with van der Waals surface area (Å²) in [6.07, 6.45) is -0.178. The fourth-order valence-electron chi connectivity index (χ4n) is 2.77. The van der Waals surface area contributed by atoms with Crippen LogP contribution in [-0.2, 0) is 24.3 Å². The highest BCUT2D eigenvalue weighted by atomic mass is 32.2. The summed E-state index contributed by atoms with van der Waals surface area (Å²) in [5.41, 5.74) is 1.66. The van der Waals surface area contributed by atoms with Gasteiger partial charge < -0.3 is 10.1 Å². The Morgan fingerprint density at radius 1 is 0.967 bits per heavy atom. The molecule has 8 heteroatoms. The molecule has 2 aromatic rings. The van der Waals surface area contributed by atoms with Crippen molar-refractivity contribution in [2.75, 3.05) is 5.32 Å². The summed E-state index contributed by atoms with van der Waals surface area (Å²) in [7, 11) is -3.88. The molecule has 2 N–H and O–H groups in total. The maximum absolute atomic E-state index is 12.5. The van der Waals surface area contributed by atoms with E-state index in [9.17, 15) is 18.0 Å². The van der Waals surface area contributed by atoms with Gasteiger partial charge in [-0.1, -0.05) is 50.2 Å². The zero-order valence-corrected chi connectivity index (χ0v) is 18.4. The number of hydrogen-bond acceptors (Lipinski definition) is 5. The lowest BCUT2D eigenvalue weighted by Crippen LogP contribution is -2.42. The smallest absolute Gasteiger partial charge is 0.324 e. The van der Waals surface area contributed by atoms with Gasteiger partial charge in [0.15, 0.2) is 6.10 Å². The summed E-state index contributed by atoms with van der Waals surface area (Å²) < 4.78 is 32.1. The third-order valence-electron chi connectivity index (χ3n) is 4.76. The quantitative estimate of drug-likeness (QED) is 0.591. The molecule has 0 bridgehead atoms. The van der Waals surface area contributed by atoms with Crippen LogP contribution < -0.4 is 10.0 Å². The van der Waals surface area contributed by atoms with E-state index in [1.807, 2.05) is 18.2 Å². The number of hydrogen-bond donors (Lipinski definition) is 2. The molecule has 3 atom stereocenters. The molecule has 2 unspecified atom stereocenters. The predicted octanol–water partition coefficient (Wildman–Crippen LogP) is 3.44. The number of rotatable bonds is 9. The van der Waals surface area contributed by atoms with E-state index in [4.69, 9.17) is 4.74 Å². The molecule has 0 heterocycles. The third-order valence-corrected chi connectivity index (χ3v) is 6.32. The van der Waals surface area contributed by atoms with Crippen LogP contribution in [0.5, 0.6) is 0 Å². The Hall–Kier alpha value is -2.71. The number of para-hydroxylation sites is 1. The molecule has 0 spiro atoms. The number of sulfonamides is 1. The van der Waals surface area contributed by atoms with E-state index in [1.54, 1.807) is 24.3 Å². The van der Waals surface area contributed by atoms with Gasteiger partial charge in [-0.3, -0.25) is 9.59 Å². The number of ether oxygens (including phenoxy) is 1. The largest absolute Gasteiger partial charge is 0.451 e. The van der Waals surface area contributed by atoms with Gasteiger partial charge in [-0.2, -0.15) is 4.72 Å². The first kappa shape index (κ1) is 23.6. The van der Waals surface area contributed by atoms with Gasteiger partial charge in [0.2, 0.25) is 10.0 Å². The van der Waals surface area contributed by atoms with E-state index in [-0.39, 0.29) is 10.8 Å². The molecule has 0 aliphatic carbocycles. The average molecular weight is 433 g/mol. The van der Waals surface area contributed by atoms with Crippen LogP contribution in [0.2, 0.25) is 0 Å². The van der Waals surface area contributed by atoms with Crippen LogP contribution in [0, 0.1) is 0 Å². The Morgan fingerprint density at radius 2 is 1.57 bits per heavy atom. The highest BCUT2D eigenvalue weighted by Gasteiger charge is 2.26. The van der Waals surface area contributed by atoms with Gasteiger partial charge in [0.05, 0.1) is 4.90 Å². The molecule has 2 aromatic carbocycles. The van der Waals surface area contributed by atoms with Crippen molar-refractivity contribution < 1.29 is 22.7 Å². The number of carbonyl (C=O) groups excluding carboxylic acids is 2. The highest BCUT2D eigenvalue weighted by molar-refractivity contribution is 7.89. The van der Waals surface area contributed by atoms with Crippen molar-refractivity contribution in [1.82, 2.24) is 4.72 Å².